The van der Waals surface area contributed by atoms with Gasteiger partial charge in [-0.1, -0.05) is 43.3 Å². The van der Waals surface area contributed by atoms with E-state index in [2.05, 4.69) is 23.3 Å². The zero-order chi connectivity index (χ0) is 24.2. The van der Waals surface area contributed by atoms with E-state index in [1.54, 1.807) is 6.92 Å². The summed E-state index contributed by atoms with van der Waals surface area (Å²) in [5, 5.41) is 11.9. The Kier molecular flexibility index (Phi) is 8.33. The van der Waals surface area contributed by atoms with Gasteiger partial charge in [0.05, 0.1) is 5.25 Å². The third-order valence-electron chi connectivity index (χ3n) is 6.10. The second-order valence-corrected chi connectivity index (χ2v) is 9.94. The largest absolute Gasteiger partial charge is 0.405 e. The Morgan fingerprint density at radius 2 is 2.06 bits per heavy atom. The summed E-state index contributed by atoms with van der Waals surface area (Å²) >= 11 is 1.00. The van der Waals surface area contributed by atoms with Crippen molar-refractivity contribution < 1.29 is 18.0 Å². The lowest BCUT2D eigenvalue weighted by Crippen LogP contribution is -2.58. The molecule has 182 valence electrons. The minimum absolute atomic E-state index is 0.00340. The number of amidine groups is 1. The Morgan fingerprint density at radius 3 is 2.76 bits per heavy atom. The topological polar surface area (TPSA) is 75.2 Å². The number of fused-ring (bicyclic) bond motifs is 1. The molecule has 1 aliphatic heterocycles. The summed E-state index contributed by atoms with van der Waals surface area (Å²) in [6.45, 7) is 4.02. The van der Waals surface area contributed by atoms with E-state index in [1.165, 1.54) is 16.8 Å². The van der Waals surface area contributed by atoms with E-state index in [4.69, 9.17) is 5.41 Å². The lowest BCUT2D eigenvalue weighted by Gasteiger charge is -2.41. The zero-order valence-electron chi connectivity index (χ0n) is 19.2. The minimum atomic E-state index is -4.35. The van der Waals surface area contributed by atoms with Gasteiger partial charge in [-0.15, -0.1) is 0 Å². The number of halogens is 3. The van der Waals surface area contributed by atoms with Gasteiger partial charge in [-0.3, -0.25) is 15.1 Å². The maximum atomic E-state index is 13.3. The number of amides is 1. The van der Waals surface area contributed by atoms with Gasteiger partial charge in [0.25, 0.3) is 0 Å². The molecule has 3 N–H and O–H groups in total. The number of H-pyrrole nitrogens is 1. The van der Waals surface area contributed by atoms with Crippen molar-refractivity contribution in [3.05, 3.63) is 36.0 Å². The summed E-state index contributed by atoms with van der Waals surface area (Å²) in [7, 11) is 1.45. The summed E-state index contributed by atoms with van der Waals surface area (Å²) in [6, 6.07) is 6.35. The molecule has 0 radical (unpaired) electrons. The molecule has 0 saturated carbocycles. The second kappa shape index (κ2) is 10.8. The predicted molar refractivity (Wildman–Crippen MR) is 128 cm³/mol. The quantitative estimate of drug-likeness (QED) is 0.407. The number of carbonyl (C=O) groups excluding carboxylic acids is 1. The molecule has 1 aromatic carbocycles. The molecule has 2 heterocycles. The lowest BCUT2D eigenvalue weighted by molar-refractivity contribution is -0.189. The molecule has 33 heavy (non-hydrogen) atoms. The van der Waals surface area contributed by atoms with E-state index in [-0.39, 0.29) is 30.2 Å². The molecule has 1 aliphatic rings. The average molecular weight is 484 g/mol. The number of para-hydroxylation sites is 1. The smallest absolute Gasteiger partial charge is 0.361 e. The van der Waals surface area contributed by atoms with Crippen LogP contribution in [0.15, 0.2) is 30.5 Å². The van der Waals surface area contributed by atoms with Crippen LogP contribution in [0.25, 0.3) is 10.9 Å². The lowest BCUT2D eigenvalue weighted by atomic mass is 10.0. The van der Waals surface area contributed by atoms with Crippen molar-refractivity contribution in [1.29, 1.82) is 5.41 Å². The molecule has 10 heteroatoms. The first kappa shape index (κ1) is 25.4. The van der Waals surface area contributed by atoms with Gasteiger partial charge in [0.1, 0.15) is 6.04 Å². The highest BCUT2D eigenvalue weighted by Crippen LogP contribution is 2.28. The second-order valence-electron chi connectivity index (χ2n) is 8.61. The van der Waals surface area contributed by atoms with Crippen LogP contribution in [0, 0.1) is 5.41 Å². The van der Waals surface area contributed by atoms with E-state index in [0.717, 1.165) is 41.1 Å². The van der Waals surface area contributed by atoms with E-state index < -0.39 is 17.5 Å². The van der Waals surface area contributed by atoms with Gasteiger partial charge in [0.2, 0.25) is 5.91 Å². The van der Waals surface area contributed by atoms with Crippen molar-refractivity contribution in [2.45, 2.75) is 56.6 Å². The Labute approximate surface area is 196 Å². The molecule has 0 aliphatic carbocycles. The van der Waals surface area contributed by atoms with Gasteiger partial charge < -0.3 is 15.2 Å². The Balaban J connectivity index is 1.58. The van der Waals surface area contributed by atoms with Gasteiger partial charge in [-0.05, 0) is 38.4 Å². The van der Waals surface area contributed by atoms with Gasteiger partial charge in [-0.25, -0.2) is 0 Å². The van der Waals surface area contributed by atoms with Crippen LogP contribution < -0.4 is 5.32 Å². The number of alkyl halides is 3. The molecule has 0 spiro atoms. The third-order valence-corrected chi connectivity index (χ3v) is 7.14. The van der Waals surface area contributed by atoms with E-state index >= 15 is 0 Å². The molecule has 6 nitrogen and oxygen atoms in total. The molecule has 3 unspecified atom stereocenters. The van der Waals surface area contributed by atoms with Crippen molar-refractivity contribution in [3.63, 3.8) is 0 Å². The maximum absolute atomic E-state index is 13.3. The van der Waals surface area contributed by atoms with Gasteiger partial charge in [0, 0.05) is 42.8 Å². The van der Waals surface area contributed by atoms with Crippen LogP contribution in [0.4, 0.5) is 13.2 Å². The van der Waals surface area contributed by atoms with Gasteiger partial charge >= 0.3 is 6.18 Å². The van der Waals surface area contributed by atoms with Crippen LogP contribution in [0.5, 0.6) is 0 Å². The highest BCUT2D eigenvalue weighted by Gasteiger charge is 2.45. The van der Waals surface area contributed by atoms with Crippen molar-refractivity contribution in [1.82, 2.24) is 20.1 Å². The molecule has 3 rings (SSSR count). The molecule has 2 aromatic rings. The SMILES string of the molecule is CCCC(Cc1c[nH]c2ccccc12)NC(=O)C(C)SC(=N)N1CCN(C)C(C(F)(F)F)C1. The zero-order valence-corrected chi connectivity index (χ0v) is 20.0. The number of piperazine rings is 1. The van der Waals surface area contributed by atoms with Gasteiger partial charge in [0.15, 0.2) is 5.17 Å². The minimum Gasteiger partial charge on any atom is -0.361 e. The molecular formula is C23H32F3N5OS. The van der Waals surface area contributed by atoms with E-state index in [9.17, 15) is 18.0 Å². The summed E-state index contributed by atoms with van der Waals surface area (Å²) in [6.07, 6.45) is 0.0235. The van der Waals surface area contributed by atoms with Crippen molar-refractivity contribution >= 4 is 33.7 Å². The number of nitrogens with one attached hydrogen (secondary N) is 3. The molecular weight excluding hydrogens is 451 g/mol. The molecule has 1 aromatic heterocycles. The third kappa shape index (κ3) is 6.44. The molecule has 1 fully saturated rings. The number of nitrogens with zero attached hydrogens (tertiary/aromatic N) is 2. The summed E-state index contributed by atoms with van der Waals surface area (Å²) in [5.41, 5.74) is 2.18. The highest BCUT2D eigenvalue weighted by molar-refractivity contribution is 8.14. The number of aromatic amines is 1. The van der Waals surface area contributed by atoms with Crippen LogP contribution in [0.1, 0.15) is 32.3 Å². The first-order chi connectivity index (χ1) is 15.6. The van der Waals surface area contributed by atoms with Crippen LogP contribution in [-0.2, 0) is 11.2 Å². The number of aromatic nitrogens is 1. The van der Waals surface area contributed by atoms with E-state index in [1.807, 2.05) is 24.4 Å². The Morgan fingerprint density at radius 1 is 1.33 bits per heavy atom. The van der Waals surface area contributed by atoms with E-state index in [0.29, 0.717) is 13.0 Å². The molecule has 3 atom stereocenters. The number of rotatable bonds is 7. The summed E-state index contributed by atoms with van der Waals surface area (Å²) in [4.78, 5) is 18.8. The monoisotopic (exact) mass is 483 g/mol. The fourth-order valence-electron chi connectivity index (χ4n) is 4.17. The standard InChI is InChI=1S/C23H32F3N5OS/c1-4-7-17(12-16-13-28-19-9-6-5-8-18(16)19)29-21(32)15(2)33-22(27)31-11-10-30(3)20(14-31)23(24,25)26/h5-6,8-9,13,15,17,20,27-28H,4,7,10-12,14H2,1-3H3,(H,29,32). The molecule has 1 saturated heterocycles. The fraction of sp³-hybridized carbons (Fsp3) is 0.565. The maximum Gasteiger partial charge on any atom is 0.405 e. The number of thioether (sulfide) groups is 1. The van der Waals surface area contributed by atoms with Gasteiger partial charge in [-0.2, -0.15) is 13.2 Å². The number of benzene rings is 1. The van der Waals surface area contributed by atoms with Crippen molar-refractivity contribution in [2.24, 2.45) is 0 Å². The van der Waals surface area contributed by atoms with Crippen LogP contribution >= 0.6 is 11.8 Å². The molecule has 1 amide bonds. The van der Waals surface area contributed by atoms with Crippen molar-refractivity contribution in [2.75, 3.05) is 26.7 Å². The fourth-order valence-corrected chi connectivity index (χ4v) is 4.99. The highest BCUT2D eigenvalue weighted by atomic mass is 32.2. The average Bonchev–Trinajstić information content (AvgIpc) is 3.16. The first-order valence-corrected chi connectivity index (χ1v) is 12.1. The number of hydrogen-bond acceptors (Lipinski definition) is 4. The first-order valence-electron chi connectivity index (χ1n) is 11.2. The van der Waals surface area contributed by atoms with Crippen LogP contribution in [0.2, 0.25) is 0 Å². The normalized spacial score (nSPS) is 19.5. The summed E-state index contributed by atoms with van der Waals surface area (Å²) in [5.74, 6) is -0.204. The summed E-state index contributed by atoms with van der Waals surface area (Å²) < 4.78 is 39.8. The van der Waals surface area contributed by atoms with Crippen LogP contribution in [0.3, 0.4) is 0 Å². The number of likely N-dealkylation sites (N-methyl/N-ethyl adjacent to an activating group) is 1. The number of carbonyl (C=O) groups is 1. The Hall–Kier alpha value is -2.20. The van der Waals surface area contributed by atoms with Crippen LogP contribution in [-0.4, -0.2) is 76.1 Å². The molecule has 0 bridgehead atoms. The Bertz CT molecular complexity index is 963. The predicted octanol–water partition coefficient (Wildman–Crippen LogP) is 4.23. The number of hydrogen-bond donors (Lipinski definition) is 3. The van der Waals surface area contributed by atoms with Crippen molar-refractivity contribution in [3.8, 4) is 0 Å².